The van der Waals surface area contributed by atoms with Gasteiger partial charge in [0.25, 0.3) is 0 Å². The number of guanidine groups is 1. The van der Waals surface area contributed by atoms with Gasteiger partial charge in [-0.2, -0.15) is 0 Å². The molecule has 0 saturated carbocycles. The van der Waals surface area contributed by atoms with Gasteiger partial charge >= 0.3 is 6.03 Å². The molecule has 0 aliphatic carbocycles. The summed E-state index contributed by atoms with van der Waals surface area (Å²) in [4.78, 5) is 18.1. The fraction of sp³-hybridized carbons (Fsp3) is 0.467. The number of nitrogens with two attached hydrogens (primary N) is 1. The molecular weight excluding hydrogens is 252 g/mol. The third-order valence-electron chi connectivity index (χ3n) is 3.55. The highest BCUT2D eigenvalue weighted by atomic mass is 16.2. The minimum atomic E-state index is -0.155. The predicted octanol–water partition coefficient (Wildman–Crippen LogP) is 2.45. The number of likely N-dealkylation sites (tertiary alicyclic amines) is 1. The summed E-state index contributed by atoms with van der Waals surface area (Å²) >= 11 is 0. The molecule has 1 aliphatic heterocycles. The molecule has 0 spiro atoms. The summed E-state index contributed by atoms with van der Waals surface area (Å²) in [5.41, 5.74) is 8.75. The van der Waals surface area contributed by atoms with Gasteiger partial charge in [-0.25, -0.2) is 9.79 Å². The van der Waals surface area contributed by atoms with Gasteiger partial charge in [-0.1, -0.05) is 18.2 Å². The molecule has 20 heavy (non-hydrogen) atoms. The van der Waals surface area contributed by atoms with Crippen molar-refractivity contribution in [3.63, 3.8) is 0 Å². The zero-order valence-corrected chi connectivity index (χ0v) is 12.1. The summed E-state index contributed by atoms with van der Waals surface area (Å²) in [7, 11) is 0. The van der Waals surface area contributed by atoms with Crippen LogP contribution in [0, 0.1) is 13.8 Å². The maximum Gasteiger partial charge on any atom is 0.324 e. The van der Waals surface area contributed by atoms with Crippen molar-refractivity contribution in [2.24, 2.45) is 10.7 Å². The van der Waals surface area contributed by atoms with Gasteiger partial charge < -0.3 is 10.6 Å². The third kappa shape index (κ3) is 3.50. The largest absolute Gasteiger partial charge is 0.369 e. The lowest BCUT2D eigenvalue weighted by Gasteiger charge is -2.26. The second-order valence-electron chi connectivity index (χ2n) is 5.22. The lowest BCUT2D eigenvalue weighted by Crippen LogP contribution is -2.47. The molecule has 1 heterocycles. The number of piperidine rings is 1. The number of nitrogens with one attached hydrogen (secondary N) is 1. The first kappa shape index (κ1) is 14.4. The monoisotopic (exact) mass is 274 g/mol. The first-order valence-corrected chi connectivity index (χ1v) is 7.04. The van der Waals surface area contributed by atoms with Crippen molar-refractivity contribution in [2.45, 2.75) is 33.1 Å². The molecule has 1 aromatic carbocycles. The summed E-state index contributed by atoms with van der Waals surface area (Å²) in [5.74, 6) is 0.151. The average molecular weight is 274 g/mol. The Morgan fingerprint density at radius 3 is 2.40 bits per heavy atom. The van der Waals surface area contributed by atoms with Gasteiger partial charge in [0.1, 0.15) is 0 Å². The second kappa shape index (κ2) is 6.41. The molecule has 108 valence electrons. The summed E-state index contributed by atoms with van der Waals surface area (Å²) in [6, 6.07) is 5.78. The number of carbonyl (C=O) groups excluding carboxylic acids is 1. The molecule has 5 heteroatoms. The number of amides is 2. The minimum Gasteiger partial charge on any atom is -0.369 e. The number of nitrogens with zero attached hydrogens (tertiary/aromatic N) is 2. The standard InChI is InChI=1S/C15H22N4O/c1-11-7-6-8-12(2)13(11)17-14(16)18-15(20)19-9-4-3-5-10-19/h6-8H,3-5,9-10H2,1-2H3,(H3,16,17,18,20). The molecular formula is C15H22N4O. The van der Waals surface area contributed by atoms with E-state index in [-0.39, 0.29) is 12.0 Å². The van der Waals surface area contributed by atoms with E-state index >= 15 is 0 Å². The van der Waals surface area contributed by atoms with Gasteiger partial charge in [0.15, 0.2) is 0 Å². The first-order valence-electron chi connectivity index (χ1n) is 7.04. The van der Waals surface area contributed by atoms with Crippen molar-refractivity contribution >= 4 is 17.7 Å². The van der Waals surface area contributed by atoms with Crippen molar-refractivity contribution < 1.29 is 4.79 Å². The van der Waals surface area contributed by atoms with Gasteiger partial charge in [-0.05, 0) is 44.2 Å². The summed E-state index contributed by atoms with van der Waals surface area (Å²) in [6.07, 6.45) is 3.30. The van der Waals surface area contributed by atoms with Gasteiger partial charge in [0.2, 0.25) is 5.96 Å². The molecule has 1 aromatic rings. The van der Waals surface area contributed by atoms with Crippen LogP contribution in [-0.4, -0.2) is 30.0 Å². The predicted molar refractivity (Wildman–Crippen MR) is 81.2 cm³/mol. The van der Waals surface area contributed by atoms with Gasteiger partial charge in [0, 0.05) is 13.1 Å². The quantitative estimate of drug-likeness (QED) is 0.610. The zero-order chi connectivity index (χ0) is 14.5. The third-order valence-corrected chi connectivity index (χ3v) is 3.55. The maximum atomic E-state index is 12.0. The van der Waals surface area contributed by atoms with E-state index in [9.17, 15) is 4.79 Å². The molecule has 0 aromatic heterocycles. The number of benzene rings is 1. The van der Waals surface area contributed by atoms with E-state index in [0.29, 0.717) is 0 Å². The normalized spacial score (nSPS) is 16.1. The molecule has 5 nitrogen and oxygen atoms in total. The summed E-state index contributed by atoms with van der Waals surface area (Å²) in [6.45, 7) is 5.54. The Balaban J connectivity index is 2.05. The number of hydrogen-bond acceptors (Lipinski definition) is 2. The van der Waals surface area contributed by atoms with Crippen LogP contribution < -0.4 is 11.1 Å². The van der Waals surface area contributed by atoms with Crippen LogP contribution >= 0.6 is 0 Å². The molecule has 0 bridgehead atoms. The van der Waals surface area contributed by atoms with E-state index in [1.165, 1.54) is 6.42 Å². The van der Waals surface area contributed by atoms with Crippen molar-refractivity contribution in [1.82, 2.24) is 10.2 Å². The number of para-hydroxylation sites is 1. The van der Waals surface area contributed by atoms with Gasteiger partial charge in [-0.3, -0.25) is 5.32 Å². The van der Waals surface area contributed by atoms with E-state index in [0.717, 1.165) is 42.7 Å². The van der Waals surface area contributed by atoms with Crippen LogP contribution in [-0.2, 0) is 0 Å². The average Bonchev–Trinajstić information content (AvgIpc) is 2.44. The van der Waals surface area contributed by atoms with Crippen LogP contribution in [0.3, 0.4) is 0 Å². The lowest BCUT2D eigenvalue weighted by molar-refractivity contribution is 0.191. The SMILES string of the molecule is Cc1cccc(C)c1N=C(N)NC(=O)N1CCCCC1. The van der Waals surface area contributed by atoms with Gasteiger partial charge in [-0.15, -0.1) is 0 Å². The fourth-order valence-corrected chi connectivity index (χ4v) is 2.42. The Bertz CT molecular complexity index is 498. The van der Waals surface area contributed by atoms with E-state index < -0.39 is 0 Å². The topological polar surface area (TPSA) is 70.7 Å². The van der Waals surface area contributed by atoms with Crippen LogP contribution in [0.5, 0.6) is 0 Å². The van der Waals surface area contributed by atoms with E-state index in [1.54, 1.807) is 4.90 Å². The lowest BCUT2D eigenvalue weighted by atomic mass is 10.1. The fourth-order valence-electron chi connectivity index (χ4n) is 2.42. The highest BCUT2D eigenvalue weighted by molar-refractivity contribution is 5.96. The minimum absolute atomic E-state index is 0.151. The second-order valence-corrected chi connectivity index (χ2v) is 5.22. The number of aliphatic imine (C=N–C) groups is 1. The molecule has 1 aliphatic rings. The molecule has 2 amide bonds. The number of hydrogen-bond donors (Lipinski definition) is 2. The molecule has 0 atom stereocenters. The summed E-state index contributed by atoms with van der Waals surface area (Å²) in [5, 5.41) is 2.67. The highest BCUT2D eigenvalue weighted by Crippen LogP contribution is 2.22. The molecule has 2 rings (SSSR count). The highest BCUT2D eigenvalue weighted by Gasteiger charge is 2.16. The van der Waals surface area contributed by atoms with Crippen molar-refractivity contribution in [2.75, 3.05) is 13.1 Å². The Kier molecular flexibility index (Phi) is 4.61. The number of carbonyl (C=O) groups is 1. The van der Waals surface area contributed by atoms with Gasteiger partial charge in [0.05, 0.1) is 5.69 Å². The summed E-state index contributed by atoms with van der Waals surface area (Å²) < 4.78 is 0. The zero-order valence-electron chi connectivity index (χ0n) is 12.1. The van der Waals surface area contributed by atoms with E-state index in [2.05, 4.69) is 10.3 Å². The van der Waals surface area contributed by atoms with Crippen LogP contribution in [0.2, 0.25) is 0 Å². The molecule has 1 saturated heterocycles. The van der Waals surface area contributed by atoms with Crippen LogP contribution in [0.4, 0.5) is 10.5 Å². The van der Waals surface area contributed by atoms with Crippen molar-refractivity contribution in [3.05, 3.63) is 29.3 Å². The smallest absolute Gasteiger partial charge is 0.324 e. The first-order chi connectivity index (χ1) is 9.58. The Labute approximate surface area is 119 Å². The van der Waals surface area contributed by atoms with E-state index in [4.69, 9.17) is 5.73 Å². The number of rotatable bonds is 1. The number of aryl methyl sites for hydroxylation is 2. The van der Waals surface area contributed by atoms with Crippen molar-refractivity contribution in [1.29, 1.82) is 0 Å². The molecule has 0 unspecified atom stereocenters. The van der Waals surface area contributed by atoms with Crippen LogP contribution in [0.25, 0.3) is 0 Å². The Morgan fingerprint density at radius 1 is 1.20 bits per heavy atom. The van der Waals surface area contributed by atoms with E-state index in [1.807, 2.05) is 32.0 Å². The molecule has 0 radical (unpaired) electrons. The number of urea groups is 1. The van der Waals surface area contributed by atoms with Crippen molar-refractivity contribution in [3.8, 4) is 0 Å². The maximum absolute atomic E-state index is 12.0. The molecule has 3 N–H and O–H groups in total. The van der Waals surface area contributed by atoms with Crippen LogP contribution in [0.1, 0.15) is 30.4 Å². The Hall–Kier alpha value is -2.04. The Morgan fingerprint density at radius 2 is 1.80 bits per heavy atom. The molecule has 1 fully saturated rings. The van der Waals surface area contributed by atoms with Crippen LogP contribution in [0.15, 0.2) is 23.2 Å².